The van der Waals surface area contributed by atoms with Gasteiger partial charge >= 0.3 is 0 Å². The Morgan fingerprint density at radius 2 is 2.06 bits per heavy atom. The number of hydrogen-bond donors (Lipinski definition) is 3. The fourth-order valence-corrected chi connectivity index (χ4v) is 3.77. The minimum absolute atomic E-state index is 0.110. The Morgan fingerprint density at radius 1 is 1.12 bits per heavy atom. The lowest BCUT2D eigenvalue weighted by atomic mass is 10.0. The van der Waals surface area contributed by atoms with Crippen LogP contribution in [0, 0.1) is 12.7 Å². The Labute approximate surface area is 184 Å². The van der Waals surface area contributed by atoms with Gasteiger partial charge in [0, 0.05) is 23.8 Å². The van der Waals surface area contributed by atoms with Gasteiger partial charge in [0.05, 0.1) is 36.7 Å². The third-order valence-electron chi connectivity index (χ3n) is 5.35. The van der Waals surface area contributed by atoms with Gasteiger partial charge in [-0.2, -0.15) is 15.2 Å². The zero-order chi connectivity index (χ0) is 21.9. The Kier molecular flexibility index (Phi) is 5.57. The van der Waals surface area contributed by atoms with Crippen molar-refractivity contribution in [3.05, 3.63) is 71.8 Å². The fourth-order valence-electron chi connectivity index (χ4n) is 3.77. The number of halogens is 1. The van der Waals surface area contributed by atoms with Crippen LogP contribution >= 0.6 is 0 Å². The van der Waals surface area contributed by atoms with Crippen molar-refractivity contribution in [1.82, 2.24) is 25.5 Å². The predicted molar refractivity (Wildman–Crippen MR) is 121 cm³/mol. The van der Waals surface area contributed by atoms with Crippen molar-refractivity contribution in [3.63, 3.8) is 0 Å². The zero-order valence-electron chi connectivity index (χ0n) is 17.5. The van der Waals surface area contributed by atoms with E-state index in [1.165, 1.54) is 12.1 Å². The Bertz CT molecular complexity index is 1260. The summed E-state index contributed by atoms with van der Waals surface area (Å²) in [6, 6.07) is 12.2. The summed E-state index contributed by atoms with van der Waals surface area (Å²) in [5.74, 6) is 0.685. The van der Waals surface area contributed by atoms with Crippen molar-refractivity contribution in [3.8, 4) is 0 Å². The number of aryl methyl sites for hydroxylation is 1. The number of benzene rings is 2. The van der Waals surface area contributed by atoms with Crippen LogP contribution in [0.3, 0.4) is 0 Å². The summed E-state index contributed by atoms with van der Waals surface area (Å²) in [5, 5.41) is 19.2. The van der Waals surface area contributed by atoms with Crippen molar-refractivity contribution < 1.29 is 9.13 Å². The summed E-state index contributed by atoms with van der Waals surface area (Å²) in [7, 11) is 0. The molecule has 1 unspecified atom stereocenters. The van der Waals surface area contributed by atoms with Crippen molar-refractivity contribution in [2.45, 2.75) is 13.0 Å². The second-order valence-corrected chi connectivity index (χ2v) is 7.56. The summed E-state index contributed by atoms with van der Waals surface area (Å²) < 4.78 is 19.5. The van der Waals surface area contributed by atoms with Gasteiger partial charge < -0.3 is 20.7 Å². The number of ether oxygens (including phenoxy) is 1. The molecule has 9 heteroatoms. The first-order chi connectivity index (χ1) is 15.7. The van der Waals surface area contributed by atoms with E-state index in [1.54, 1.807) is 24.5 Å². The van der Waals surface area contributed by atoms with Crippen molar-refractivity contribution >= 4 is 34.0 Å². The van der Waals surface area contributed by atoms with E-state index in [4.69, 9.17) is 4.74 Å². The number of aromatic nitrogens is 4. The highest BCUT2D eigenvalue weighted by Crippen LogP contribution is 2.29. The van der Waals surface area contributed by atoms with Crippen LogP contribution in [0.25, 0.3) is 10.9 Å². The van der Waals surface area contributed by atoms with Gasteiger partial charge in [-0.1, -0.05) is 18.2 Å². The van der Waals surface area contributed by atoms with E-state index in [1.807, 2.05) is 25.1 Å². The molecular formula is C23H22FN7O. The molecule has 0 amide bonds. The standard InChI is InChI=1S/C23H22FN7O/c1-14-3-2-4-16-19(12-27-31-22(14)16)28-21-7-8-26-23(30-21)29-18-6-5-15(24)11-17(18)20-13-32-10-9-25-20/h2-8,11-12,20,25H,9-10,13H2,1H3,(H2,26,28,29,30,31). The molecule has 0 aliphatic carbocycles. The van der Waals surface area contributed by atoms with E-state index >= 15 is 0 Å². The first-order valence-corrected chi connectivity index (χ1v) is 10.4. The van der Waals surface area contributed by atoms with Crippen LogP contribution in [0.5, 0.6) is 0 Å². The number of morpholine rings is 1. The Morgan fingerprint density at radius 3 is 2.94 bits per heavy atom. The van der Waals surface area contributed by atoms with E-state index < -0.39 is 0 Å². The molecule has 3 N–H and O–H groups in total. The van der Waals surface area contributed by atoms with E-state index in [2.05, 4.69) is 36.1 Å². The number of rotatable bonds is 5. The lowest BCUT2D eigenvalue weighted by molar-refractivity contribution is 0.0770. The third kappa shape index (κ3) is 4.20. The summed E-state index contributed by atoms with van der Waals surface area (Å²) in [5.41, 5.74) is 4.18. The maximum absolute atomic E-state index is 14.0. The van der Waals surface area contributed by atoms with Gasteiger partial charge in [-0.05, 0) is 42.3 Å². The average Bonchev–Trinajstić information content (AvgIpc) is 2.82. The molecule has 5 rings (SSSR count). The van der Waals surface area contributed by atoms with Gasteiger partial charge in [0.25, 0.3) is 0 Å². The molecule has 2 aromatic heterocycles. The highest BCUT2D eigenvalue weighted by molar-refractivity contribution is 5.93. The Balaban J connectivity index is 1.42. The largest absolute Gasteiger partial charge is 0.378 e. The van der Waals surface area contributed by atoms with Gasteiger partial charge in [-0.15, -0.1) is 0 Å². The van der Waals surface area contributed by atoms with Crippen molar-refractivity contribution in [2.75, 3.05) is 30.4 Å². The summed E-state index contributed by atoms with van der Waals surface area (Å²) >= 11 is 0. The van der Waals surface area contributed by atoms with E-state index in [-0.39, 0.29) is 11.9 Å². The van der Waals surface area contributed by atoms with E-state index in [9.17, 15) is 4.39 Å². The lowest BCUT2D eigenvalue weighted by Crippen LogP contribution is -2.35. The number of fused-ring (bicyclic) bond motifs is 1. The molecule has 1 aliphatic rings. The molecule has 1 aliphatic heterocycles. The molecule has 162 valence electrons. The third-order valence-corrected chi connectivity index (χ3v) is 5.35. The molecule has 1 atom stereocenters. The monoisotopic (exact) mass is 431 g/mol. The highest BCUT2D eigenvalue weighted by Gasteiger charge is 2.20. The lowest BCUT2D eigenvalue weighted by Gasteiger charge is -2.26. The second kappa shape index (κ2) is 8.81. The SMILES string of the molecule is Cc1cccc2c(Nc3ccnc(Nc4ccc(F)cc4C4COCCN4)n3)cnnc12. The second-order valence-electron chi connectivity index (χ2n) is 7.56. The van der Waals surface area contributed by atoms with Crippen LogP contribution in [-0.4, -0.2) is 39.9 Å². The number of nitrogens with zero attached hydrogens (tertiary/aromatic N) is 4. The van der Waals surface area contributed by atoms with Gasteiger partial charge in [-0.25, -0.2) is 9.37 Å². The van der Waals surface area contributed by atoms with Crippen LogP contribution in [0.4, 0.5) is 27.5 Å². The van der Waals surface area contributed by atoms with Crippen molar-refractivity contribution in [2.24, 2.45) is 0 Å². The number of nitrogens with one attached hydrogen (secondary N) is 3. The molecule has 3 heterocycles. The molecule has 0 radical (unpaired) electrons. The molecule has 32 heavy (non-hydrogen) atoms. The van der Waals surface area contributed by atoms with Crippen LogP contribution in [-0.2, 0) is 4.74 Å². The highest BCUT2D eigenvalue weighted by atomic mass is 19.1. The number of hydrogen-bond acceptors (Lipinski definition) is 8. The topological polar surface area (TPSA) is 96.9 Å². The average molecular weight is 431 g/mol. The van der Waals surface area contributed by atoms with E-state index in [0.717, 1.165) is 33.4 Å². The fraction of sp³-hybridized carbons (Fsp3) is 0.217. The molecule has 1 saturated heterocycles. The summed E-state index contributed by atoms with van der Waals surface area (Å²) in [6.45, 7) is 3.83. The molecule has 0 saturated carbocycles. The van der Waals surface area contributed by atoms with Crippen molar-refractivity contribution in [1.29, 1.82) is 0 Å². The summed E-state index contributed by atoms with van der Waals surface area (Å²) in [6.07, 6.45) is 3.33. The molecule has 1 fully saturated rings. The minimum Gasteiger partial charge on any atom is -0.378 e. The smallest absolute Gasteiger partial charge is 0.229 e. The molecule has 0 spiro atoms. The molecular weight excluding hydrogens is 409 g/mol. The maximum Gasteiger partial charge on any atom is 0.229 e. The van der Waals surface area contributed by atoms with Crippen LogP contribution in [0.2, 0.25) is 0 Å². The van der Waals surface area contributed by atoms with Gasteiger partial charge in [-0.3, -0.25) is 0 Å². The summed E-state index contributed by atoms with van der Waals surface area (Å²) in [4.78, 5) is 8.90. The molecule has 0 bridgehead atoms. The van der Waals surface area contributed by atoms with Gasteiger partial charge in [0.2, 0.25) is 5.95 Å². The molecule has 8 nitrogen and oxygen atoms in total. The van der Waals surface area contributed by atoms with Crippen LogP contribution in [0.15, 0.2) is 54.9 Å². The van der Waals surface area contributed by atoms with Gasteiger partial charge in [0.1, 0.15) is 11.6 Å². The first kappa shape index (κ1) is 20.2. The first-order valence-electron chi connectivity index (χ1n) is 10.4. The molecule has 4 aromatic rings. The van der Waals surface area contributed by atoms with Crippen LogP contribution in [0.1, 0.15) is 17.2 Å². The maximum atomic E-state index is 14.0. The van der Waals surface area contributed by atoms with E-state index in [0.29, 0.717) is 31.5 Å². The number of anilines is 4. The normalized spacial score (nSPS) is 16.1. The molecule has 2 aromatic carbocycles. The zero-order valence-corrected chi connectivity index (χ0v) is 17.5. The minimum atomic E-state index is -0.304. The Hall–Kier alpha value is -3.69. The quantitative estimate of drug-likeness (QED) is 0.436. The van der Waals surface area contributed by atoms with Gasteiger partial charge in [0.15, 0.2) is 0 Å². The van der Waals surface area contributed by atoms with Crippen LogP contribution < -0.4 is 16.0 Å². The predicted octanol–water partition coefficient (Wildman–Crippen LogP) is 4.02.